The predicted octanol–water partition coefficient (Wildman–Crippen LogP) is 4.15. The third-order valence-electron chi connectivity index (χ3n) is 5.51. The van der Waals surface area contributed by atoms with Crippen LogP contribution in [0.3, 0.4) is 0 Å². The van der Waals surface area contributed by atoms with Gasteiger partial charge in [-0.3, -0.25) is 9.59 Å². The van der Waals surface area contributed by atoms with Crippen LogP contribution in [0.15, 0.2) is 82.7 Å². The topological polar surface area (TPSA) is 114 Å². The lowest BCUT2D eigenvalue weighted by molar-refractivity contribution is 0.0949. The fourth-order valence-electron chi connectivity index (χ4n) is 3.73. The maximum Gasteiger partial charge on any atom is 0.257 e. The normalized spacial score (nSPS) is 13.7. The minimum Gasteiger partial charge on any atom is -0.497 e. The first kappa shape index (κ1) is 22.8. The maximum absolute atomic E-state index is 13.1. The number of aromatic nitrogens is 1. The Labute approximate surface area is 205 Å². The fourth-order valence-corrected chi connectivity index (χ4v) is 6.17. The fraction of sp³-hybridized carbons (Fsp3) is 0.0800. The van der Waals surface area contributed by atoms with E-state index in [1.54, 1.807) is 25.4 Å². The molecule has 2 N–H and O–H groups in total. The van der Waals surface area contributed by atoms with Crippen molar-refractivity contribution in [2.24, 2.45) is 0 Å². The predicted molar refractivity (Wildman–Crippen MR) is 132 cm³/mol. The van der Waals surface area contributed by atoms with Crippen molar-refractivity contribution in [3.63, 3.8) is 0 Å². The molecule has 2 heterocycles. The molecule has 10 heteroatoms. The van der Waals surface area contributed by atoms with Crippen LogP contribution in [0.5, 0.6) is 5.75 Å². The zero-order valence-corrected chi connectivity index (χ0v) is 20.1. The van der Waals surface area contributed by atoms with E-state index in [0.717, 1.165) is 21.2 Å². The number of ether oxygens (including phenoxy) is 1. The molecular weight excluding hydrogens is 486 g/mol. The van der Waals surface area contributed by atoms with Crippen molar-refractivity contribution in [3.05, 3.63) is 88.9 Å². The first-order valence-electron chi connectivity index (χ1n) is 10.5. The zero-order valence-electron chi connectivity index (χ0n) is 18.4. The first-order chi connectivity index (χ1) is 16.9. The van der Waals surface area contributed by atoms with Gasteiger partial charge in [0.05, 0.1) is 34.7 Å². The number of methoxy groups -OCH3 is 1. The molecule has 1 aromatic heterocycles. The molecule has 0 fully saturated rings. The molecule has 3 aromatic carbocycles. The van der Waals surface area contributed by atoms with Crippen LogP contribution in [0.4, 0.5) is 5.69 Å². The summed E-state index contributed by atoms with van der Waals surface area (Å²) in [6, 6.07) is 17.7. The summed E-state index contributed by atoms with van der Waals surface area (Å²) in [6.07, 6.45) is 1.70. The van der Waals surface area contributed by atoms with E-state index < -0.39 is 21.7 Å². The maximum atomic E-state index is 13.1. The number of sulfone groups is 1. The quantitative estimate of drug-likeness (QED) is 0.421. The number of amides is 2. The van der Waals surface area contributed by atoms with E-state index in [-0.39, 0.29) is 33.2 Å². The highest BCUT2D eigenvalue weighted by atomic mass is 32.2. The Balaban J connectivity index is 1.33. The van der Waals surface area contributed by atoms with Crippen LogP contribution in [0, 0.1) is 0 Å². The molecule has 5 rings (SSSR count). The Morgan fingerprint density at radius 1 is 1.06 bits per heavy atom. The second-order valence-electron chi connectivity index (χ2n) is 7.71. The average molecular weight is 506 g/mol. The lowest BCUT2D eigenvalue weighted by Gasteiger charge is -2.10. The molecule has 1 aliphatic heterocycles. The minimum absolute atomic E-state index is 0.0565. The van der Waals surface area contributed by atoms with E-state index in [1.165, 1.54) is 41.7 Å². The summed E-state index contributed by atoms with van der Waals surface area (Å²) in [5, 5.41) is 6.25. The molecule has 0 radical (unpaired) electrons. The van der Waals surface area contributed by atoms with Gasteiger partial charge in [-0.25, -0.2) is 13.4 Å². The SMILES string of the molecule is COc1ccc(-c2ncc(CNC(=O)c3ccc4c(c3)NC(=O)c3ccccc3S4(=O)=O)s2)cc1. The number of fused-ring (bicyclic) bond motifs is 2. The Morgan fingerprint density at radius 2 is 1.83 bits per heavy atom. The number of benzene rings is 3. The molecule has 8 nitrogen and oxygen atoms in total. The van der Waals surface area contributed by atoms with Gasteiger partial charge in [-0.15, -0.1) is 11.3 Å². The lowest BCUT2D eigenvalue weighted by atomic mass is 10.1. The minimum atomic E-state index is -3.93. The van der Waals surface area contributed by atoms with Crippen molar-refractivity contribution in [1.82, 2.24) is 10.3 Å². The molecule has 0 unspecified atom stereocenters. The van der Waals surface area contributed by atoms with Crippen LogP contribution < -0.4 is 15.4 Å². The van der Waals surface area contributed by atoms with Gasteiger partial charge >= 0.3 is 0 Å². The molecule has 0 spiro atoms. The van der Waals surface area contributed by atoms with Crippen LogP contribution >= 0.6 is 11.3 Å². The molecule has 0 bridgehead atoms. The van der Waals surface area contributed by atoms with Gasteiger partial charge in [0.25, 0.3) is 11.8 Å². The van der Waals surface area contributed by atoms with Crippen LogP contribution in [0.2, 0.25) is 0 Å². The smallest absolute Gasteiger partial charge is 0.257 e. The van der Waals surface area contributed by atoms with Gasteiger partial charge in [0.15, 0.2) is 0 Å². The standard InChI is InChI=1S/C25H19N3O5S2/c1-33-17-9-6-15(7-10-17)25-27-14-18(34-25)13-26-23(29)16-8-11-22-20(12-16)28-24(30)19-4-2-3-5-21(19)35(22,31)32/h2-12,14H,13H2,1H3,(H,26,29)(H,28,30). The van der Waals surface area contributed by atoms with E-state index in [9.17, 15) is 18.0 Å². The van der Waals surface area contributed by atoms with E-state index in [2.05, 4.69) is 15.6 Å². The number of hydrogen-bond acceptors (Lipinski definition) is 7. The Morgan fingerprint density at radius 3 is 2.60 bits per heavy atom. The number of rotatable bonds is 5. The molecule has 1 aliphatic rings. The van der Waals surface area contributed by atoms with Crippen LogP contribution in [-0.4, -0.2) is 32.3 Å². The first-order valence-corrected chi connectivity index (χ1v) is 12.8. The monoisotopic (exact) mass is 505 g/mol. The van der Waals surface area contributed by atoms with E-state index in [0.29, 0.717) is 0 Å². The van der Waals surface area contributed by atoms with Crippen LogP contribution in [0.25, 0.3) is 10.6 Å². The molecule has 0 aliphatic carbocycles. The number of anilines is 1. The van der Waals surface area contributed by atoms with Crippen molar-refractivity contribution < 1.29 is 22.7 Å². The second-order valence-corrected chi connectivity index (χ2v) is 10.7. The highest BCUT2D eigenvalue weighted by molar-refractivity contribution is 7.91. The van der Waals surface area contributed by atoms with Crippen LogP contribution in [-0.2, 0) is 16.4 Å². The van der Waals surface area contributed by atoms with Gasteiger partial charge < -0.3 is 15.4 Å². The van der Waals surface area contributed by atoms with E-state index >= 15 is 0 Å². The molecule has 2 amide bonds. The lowest BCUT2D eigenvalue weighted by Crippen LogP contribution is -2.22. The van der Waals surface area contributed by atoms with Gasteiger partial charge in [0.1, 0.15) is 10.8 Å². The average Bonchev–Trinajstić information content (AvgIpc) is 3.33. The van der Waals surface area contributed by atoms with Gasteiger partial charge in [-0.05, 0) is 54.6 Å². The highest BCUT2D eigenvalue weighted by Crippen LogP contribution is 2.34. The summed E-state index contributed by atoms with van der Waals surface area (Å²) in [7, 11) is -2.32. The van der Waals surface area contributed by atoms with Crippen molar-refractivity contribution in [2.45, 2.75) is 16.3 Å². The van der Waals surface area contributed by atoms with Crippen molar-refractivity contribution in [1.29, 1.82) is 0 Å². The summed E-state index contributed by atoms with van der Waals surface area (Å²) < 4.78 is 31.4. The highest BCUT2D eigenvalue weighted by Gasteiger charge is 2.31. The van der Waals surface area contributed by atoms with E-state index in [1.807, 2.05) is 24.3 Å². The summed E-state index contributed by atoms with van der Waals surface area (Å²) >= 11 is 1.45. The van der Waals surface area contributed by atoms with Crippen molar-refractivity contribution in [2.75, 3.05) is 12.4 Å². The summed E-state index contributed by atoms with van der Waals surface area (Å²) in [5.74, 6) is -0.191. The zero-order chi connectivity index (χ0) is 24.6. The Kier molecular flexibility index (Phi) is 5.83. The Bertz CT molecular complexity index is 1560. The Hall–Kier alpha value is -4.02. The van der Waals surface area contributed by atoms with Gasteiger partial charge in [0.2, 0.25) is 9.84 Å². The molecule has 35 heavy (non-hydrogen) atoms. The van der Waals surface area contributed by atoms with Gasteiger partial charge in [-0.2, -0.15) is 0 Å². The number of thiazole rings is 1. The largest absolute Gasteiger partial charge is 0.497 e. The number of nitrogens with one attached hydrogen (secondary N) is 2. The summed E-state index contributed by atoms with van der Waals surface area (Å²) in [6.45, 7) is 0.250. The van der Waals surface area contributed by atoms with Crippen LogP contribution in [0.1, 0.15) is 25.6 Å². The number of nitrogens with zero attached hydrogens (tertiary/aromatic N) is 1. The third-order valence-corrected chi connectivity index (χ3v) is 8.43. The number of carbonyl (C=O) groups is 2. The van der Waals surface area contributed by atoms with Crippen molar-refractivity contribution >= 4 is 38.7 Å². The summed E-state index contributed by atoms with van der Waals surface area (Å²) in [5.41, 5.74) is 1.30. The second kappa shape index (κ2) is 8.97. The van der Waals surface area contributed by atoms with Crippen molar-refractivity contribution in [3.8, 4) is 16.3 Å². The number of carbonyl (C=O) groups excluding carboxylic acids is 2. The molecule has 4 aromatic rings. The summed E-state index contributed by atoms with van der Waals surface area (Å²) in [4.78, 5) is 30.6. The van der Waals surface area contributed by atoms with E-state index in [4.69, 9.17) is 4.74 Å². The third kappa shape index (κ3) is 4.29. The molecule has 0 saturated heterocycles. The molecule has 176 valence electrons. The molecular formula is C25H19N3O5S2. The van der Waals surface area contributed by atoms with Gasteiger partial charge in [-0.1, -0.05) is 12.1 Å². The molecule has 0 atom stereocenters. The number of hydrogen-bond donors (Lipinski definition) is 2. The molecule has 0 saturated carbocycles. The van der Waals surface area contributed by atoms with Gasteiger partial charge in [0, 0.05) is 22.2 Å².